The number of aromatic nitrogens is 2. The summed E-state index contributed by atoms with van der Waals surface area (Å²) in [5.74, 6) is 0.847. The Balaban J connectivity index is 2.26. The third kappa shape index (κ3) is 3.47. The molecule has 0 bridgehead atoms. The van der Waals surface area contributed by atoms with Crippen LogP contribution in [0.1, 0.15) is 48.7 Å². The third-order valence-corrected chi connectivity index (χ3v) is 5.54. The summed E-state index contributed by atoms with van der Waals surface area (Å²) in [7, 11) is 3.56. The Morgan fingerprint density at radius 3 is 2.50 bits per heavy atom. The molecule has 4 nitrogen and oxygen atoms in total. The first-order valence-corrected chi connectivity index (χ1v) is 9.72. The molecule has 1 aromatic heterocycles. The first-order valence-electron chi connectivity index (χ1n) is 9.72. The number of imidazole rings is 1. The fourth-order valence-electron chi connectivity index (χ4n) is 3.53. The van der Waals surface area contributed by atoms with Crippen molar-refractivity contribution in [2.75, 3.05) is 14.1 Å². The summed E-state index contributed by atoms with van der Waals surface area (Å²) in [6.07, 6.45) is 4.78. The van der Waals surface area contributed by atoms with Gasteiger partial charge in [-0.15, -0.1) is 0 Å². The van der Waals surface area contributed by atoms with E-state index in [1.807, 2.05) is 37.4 Å². The lowest BCUT2D eigenvalue weighted by molar-refractivity contribution is 0.0827. The molecule has 0 aliphatic carbocycles. The maximum absolute atomic E-state index is 12.8. The predicted molar refractivity (Wildman–Crippen MR) is 115 cm³/mol. The lowest BCUT2D eigenvalue weighted by atomic mass is 9.79. The zero-order valence-electron chi connectivity index (χ0n) is 17.7. The van der Waals surface area contributed by atoms with Crippen LogP contribution in [0.25, 0.3) is 17.1 Å². The minimum absolute atomic E-state index is 0.0134. The second-order valence-electron chi connectivity index (χ2n) is 8.07. The number of benzene rings is 2. The molecule has 0 unspecified atom stereocenters. The average molecular weight is 376 g/mol. The Morgan fingerprint density at radius 2 is 1.82 bits per heavy atom. The molecule has 3 aromatic rings. The monoisotopic (exact) mass is 375 g/mol. The number of amides is 1. The van der Waals surface area contributed by atoms with E-state index in [1.165, 1.54) is 5.56 Å². The summed E-state index contributed by atoms with van der Waals surface area (Å²) >= 11 is 0. The molecule has 0 fully saturated rings. The minimum atomic E-state index is -0.0134. The van der Waals surface area contributed by atoms with Crippen LogP contribution >= 0.6 is 0 Å². The Labute approximate surface area is 167 Å². The molecular formula is C24H29N3O. The van der Waals surface area contributed by atoms with Gasteiger partial charge < -0.3 is 4.90 Å². The van der Waals surface area contributed by atoms with Crippen molar-refractivity contribution in [2.24, 2.45) is 0 Å². The van der Waals surface area contributed by atoms with Crippen LogP contribution in [0.5, 0.6) is 0 Å². The molecule has 28 heavy (non-hydrogen) atoms. The van der Waals surface area contributed by atoms with Crippen LogP contribution < -0.4 is 0 Å². The van der Waals surface area contributed by atoms with Gasteiger partial charge in [-0.1, -0.05) is 57.2 Å². The van der Waals surface area contributed by atoms with Gasteiger partial charge in [0.1, 0.15) is 5.82 Å². The van der Waals surface area contributed by atoms with Gasteiger partial charge >= 0.3 is 0 Å². The number of aryl methyl sites for hydroxylation is 1. The van der Waals surface area contributed by atoms with Crippen molar-refractivity contribution in [1.29, 1.82) is 0 Å². The first kappa shape index (κ1) is 19.9. The number of carbonyl (C=O) groups is 1. The average Bonchev–Trinajstić information content (AvgIpc) is 3.16. The van der Waals surface area contributed by atoms with Gasteiger partial charge in [-0.2, -0.15) is 0 Å². The summed E-state index contributed by atoms with van der Waals surface area (Å²) in [5.41, 5.74) is 5.00. The maximum Gasteiger partial charge on any atom is 0.255 e. The van der Waals surface area contributed by atoms with E-state index < -0.39 is 0 Å². The lowest BCUT2D eigenvalue weighted by Gasteiger charge is -2.27. The molecule has 1 amide bonds. The van der Waals surface area contributed by atoms with Crippen LogP contribution in [0.2, 0.25) is 0 Å². The molecule has 0 radical (unpaired) electrons. The highest BCUT2D eigenvalue weighted by Gasteiger charge is 2.25. The molecule has 0 aliphatic rings. The normalized spacial score (nSPS) is 11.5. The largest absolute Gasteiger partial charge is 0.345 e. The van der Waals surface area contributed by atoms with Crippen LogP contribution in [0.3, 0.4) is 0 Å². The van der Waals surface area contributed by atoms with Gasteiger partial charge in [-0.25, -0.2) is 4.98 Å². The SMILES string of the molecule is CCC(C)(C)c1ccccc1-c1nccn1-c1c(C)cccc1C(=O)N(C)C. The van der Waals surface area contributed by atoms with E-state index in [0.717, 1.165) is 29.1 Å². The van der Waals surface area contributed by atoms with Crippen molar-refractivity contribution in [3.63, 3.8) is 0 Å². The zero-order valence-corrected chi connectivity index (χ0v) is 17.7. The van der Waals surface area contributed by atoms with Crippen molar-refractivity contribution < 1.29 is 4.79 Å². The number of hydrogen-bond acceptors (Lipinski definition) is 2. The molecule has 0 aliphatic heterocycles. The quantitative estimate of drug-likeness (QED) is 0.612. The van der Waals surface area contributed by atoms with E-state index in [1.54, 1.807) is 25.2 Å². The van der Waals surface area contributed by atoms with Gasteiger partial charge in [0.15, 0.2) is 0 Å². The van der Waals surface area contributed by atoms with E-state index in [4.69, 9.17) is 4.98 Å². The van der Waals surface area contributed by atoms with E-state index >= 15 is 0 Å². The summed E-state index contributed by atoms with van der Waals surface area (Å²) in [5, 5.41) is 0. The van der Waals surface area contributed by atoms with Crippen LogP contribution in [-0.2, 0) is 5.41 Å². The summed E-state index contributed by atoms with van der Waals surface area (Å²) < 4.78 is 2.05. The van der Waals surface area contributed by atoms with Crippen LogP contribution in [-0.4, -0.2) is 34.5 Å². The predicted octanol–water partition coefficient (Wildman–Crippen LogP) is 5.24. The molecule has 146 valence electrons. The molecule has 0 spiro atoms. The number of hydrogen-bond donors (Lipinski definition) is 0. The van der Waals surface area contributed by atoms with E-state index in [9.17, 15) is 4.79 Å². The number of carbonyl (C=O) groups excluding carboxylic acids is 1. The highest BCUT2D eigenvalue weighted by Crippen LogP contribution is 2.36. The van der Waals surface area contributed by atoms with E-state index in [-0.39, 0.29) is 11.3 Å². The number of rotatable bonds is 5. The third-order valence-electron chi connectivity index (χ3n) is 5.54. The van der Waals surface area contributed by atoms with Gasteiger partial charge in [-0.3, -0.25) is 9.36 Å². The molecule has 4 heteroatoms. The highest BCUT2D eigenvalue weighted by molar-refractivity contribution is 5.98. The second-order valence-corrected chi connectivity index (χ2v) is 8.07. The molecule has 2 aromatic carbocycles. The summed E-state index contributed by atoms with van der Waals surface area (Å²) in [6, 6.07) is 14.3. The Morgan fingerprint density at radius 1 is 1.11 bits per heavy atom. The number of nitrogens with zero attached hydrogens (tertiary/aromatic N) is 3. The van der Waals surface area contributed by atoms with E-state index in [0.29, 0.717) is 5.56 Å². The Kier molecular flexibility index (Phi) is 5.41. The number of para-hydroxylation sites is 1. The van der Waals surface area contributed by atoms with Crippen molar-refractivity contribution in [3.05, 3.63) is 71.5 Å². The second kappa shape index (κ2) is 7.63. The molecule has 0 atom stereocenters. The van der Waals surface area contributed by atoms with Crippen molar-refractivity contribution in [3.8, 4) is 17.1 Å². The van der Waals surface area contributed by atoms with Crippen molar-refractivity contribution in [2.45, 2.75) is 39.5 Å². The molecule has 0 saturated carbocycles. The molecule has 3 rings (SSSR count). The summed E-state index contributed by atoms with van der Waals surface area (Å²) in [6.45, 7) is 8.76. The van der Waals surface area contributed by atoms with Gasteiger partial charge in [0.05, 0.1) is 11.3 Å². The van der Waals surface area contributed by atoms with Gasteiger partial charge in [0.2, 0.25) is 0 Å². The molecule has 1 heterocycles. The molecule has 0 saturated heterocycles. The van der Waals surface area contributed by atoms with Gasteiger partial charge in [0.25, 0.3) is 5.91 Å². The van der Waals surface area contributed by atoms with Crippen molar-refractivity contribution in [1.82, 2.24) is 14.5 Å². The van der Waals surface area contributed by atoms with Crippen molar-refractivity contribution >= 4 is 5.91 Å². The fourth-order valence-corrected chi connectivity index (χ4v) is 3.53. The molecular weight excluding hydrogens is 346 g/mol. The summed E-state index contributed by atoms with van der Waals surface area (Å²) in [4.78, 5) is 19.1. The van der Waals surface area contributed by atoms with Crippen LogP contribution in [0.4, 0.5) is 0 Å². The van der Waals surface area contributed by atoms with Gasteiger partial charge in [0, 0.05) is 32.1 Å². The first-order chi connectivity index (χ1) is 13.3. The molecule has 0 N–H and O–H groups in total. The minimum Gasteiger partial charge on any atom is -0.345 e. The highest BCUT2D eigenvalue weighted by atomic mass is 16.2. The zero-order chi connectivity index (χ0) is 20.5. The lowest BCUT2D eigenvalue weighted by Crippen LogP contribution is -2.24. The Hall–Kier alpha value is -2.88. The Bertz CT molecular complexity index is 999. The maximum atomic E-state index is 12.8. The van der Waals surface area contributed by atoms with Crippen LogP contribution in [0, 0.1) is 6.92 Å². The van der Waals surface area contributed by atoms with Gasteiger partial charge in [-0.05, 0) is 36.0 Å². The topological polar surface area (TPSA) is 38.1 Å². The van der Waals surface area contributed by atoms with E-state index in [2.05, 4.69) is 43.5 Å². The fraction of sp³-hybridized carbons (Fsp3) is 0.333. The smallest absolute Gasteiger partial charge is 0.255 e. The van der Waals surface area contributed by atoms with Crippen LogP contribution in [0.15, 0.2) is 54.9 Å². The standard InChI is InChI=1S/C24H29N3O/c1-7-24(3,4)20-14-9-8-12-18(20)22-25-15-16-27(22)21-17(2)11-10-13-19(21)23(28)26(5)6/h8-16H,7H2,1-6H3.